The number of amides is 2. The third-order valence-electron chi connectivity index (χ3n) is 5.20. The van der Waals surface area contributed by atoms with Gasteiger partial charge in [0.2, 0.25) is 0 Å². The number of methoxy groups -OCH3 is 2. The first kappa shape index (κ1) is 17.5. The number of rotatable bonds is 4. The third-order valence-corrected chi connectivity index (χ3v) is 5.20. The molecule has 0 fully saturated rings. The van der Waals surface area contributed by atoms with Gasteiger partial charge in [-0.15, -0.1) is 0 Å². The van der Waals surface area contributed by atoms with Crippen molar-refractivity contribution in [1.82, 2.24) is 10.2 Å². The Kier molecular flexibility index (Phi) is 4.79. The molecule has 0 spiro atoms. The molecule has 0 unspecified atom stereocenters. The second kappa shape index (κ2) is 7.39. The molecule has 4 rings (SSSR count). The molecule has 0 atom stereocenters. The molecule has 2 heterocycles. The lowest BCUT2D eigenvalue weighted by Gasteiger charge is -2.29. The van der Waals surface area contributed by atoms with Crippen LogP contribution in [0.25, 0.3) is 0 Å². The van der Waals surface area contributed by atoms with Crippen LogP contribution in [-0.2, 0) is 25.9 Å². The Morgan fingerprint density at radius 3 is 2.63 bits per heavy atom. The number of hydrogen-bond acceptors (Lipinski definition) is 4. The van der Waals surface area contributed by atoms with Gasteiger partial charge in [0.05, 0.1) is 20.8 Å². The second-order valence-electron chi connectivity index (χ2n) is 6.85. The Labute approximate surface area is 159 Å². The molecule has 6 nitrogen and oxygen atoms in total. The third kappa shape index (κ3) is 3.52. The summed E-state index contributed by atoms with van der Waals surface area (Å²) in [5.74, 6) is 2.38. The molecular formula is C21H24N2O4. The van der Waals surface area contributed by atoms with E-state index in [1.54, 1.807) is 14.2 Å². The van der Waals surface area contributed by atoms with Crippen LogP contribution in [-0.4, -0.2) is 38.3 Å². The maximum absolute atomic E-state index is 12.6. The lowest BCUT2D eigenvalue weighted by atomic mass is 9.99. The number of urea groups is 1. The molecule has 2 aromatic carbocycles. The summed E-state index contributed by atoms with van der Waals surface area (Å²) in [5, 5.41) is 3.03. The number of benzene rings is 2. The molecule has 142 valence electrons. The highest BCUT2D eigenvalue weighted by molar-refractivity contribution is 5.74. The highest BCUT2D eigenvalue weighted by Crippen LogP contribution is 2.33. The fraction of sp³-hybridized carbons (Fsp3) is 0.381. The zero-order valence-electron chi connectivity index (χ0n) is 15.7. The van der Waals surface area contributed by atoms with Crippen LogP contribution in [0.15, 0.2) is 30.3 Å². The monoisotopic (exact) mass is 368 g/mol. The number of carbonyl (C=O) groups excluding carboxylic acids is 1. The van der Waals surface area contributed by atoms with Crippen molar-refractivity contribution in [1.29, 1.82) is 0 Å². The summed E-state index contributed by atoms with van der Waals surface area (Å²) in [4.78, 5) is 14.5. The van der Waals surface area contributed by atoms with E-state index in [4.69, 9.17) is 14.2 Å². The number of nitrogens with zero attached hydrogens (tertiary/aromatic N) is 1. The van der Waals surface area contributed by atoms with Crippen molar-refractivity contribution < 1.29 is 19.0 Å². The Morgan fingerprint density at radius 2 is 1.85 bits per heavy atom. The molecule has 1 N–H and O–H groups in total. The van der Waals surface area contributed by atoms with Crippen molar-refractivity contribution in [2.75, 3.05) is 27.4 Å². The number of ether oxygens (including phenoxy) is 3. The summed E-state index contributed by atoms with van der Waals surface area (Å²) in [6.45, 7) is 2.51. The first-order valence-electron chi connectivity index (χ1n) is 9.19. The van der Waals surface area contributed by atoms with E-state index < -0.39 is 0 Å². The molecule has 2 aromatic rings. The van der Waals surface area contributed by atoms with Crippen LogP contribution in [0.1, 0.15) is 22.3 Å². The van der Waals surface area contributed by atoms with Gasteiger partial charge in [0, 0.05) is 26.1 Å². The van der Waals surface area contributed by atoms with E-state index in [0.717, 1.165) is 42.1 Å². The number of nitrogens with one attached hydrogen (secondary N) is 1. The largest absolute Gasteiger partial charge is 0.493 e. The van der Waals surface area contributed by atoms with Gasteiger partial charge in [-0.1, -0.05) is 12.1 Å². The van der Waals surface area contributed by atoms with E-state index in [2.05, 4.69) is 11.4 Å². The summed E-state index contributed by atoms with van der Waals surface area (Å²) < 4.78 is 16.3. The quantitative estimate of drug-likeness (QED) is 0.902. The Hall–Kier alpha value is -2.89. The Morgan fingerprint density at radius 1 is 1.07 bits per heavy atom. The zero-order chi connectivity index (χ0) is 18.8. The number of carbonyl (C=O) groups is 1. The van der Waals surface area contributed by atoms with Gasteiger partial charge < -0.3 is 24.4 Å². The highest BCUT2D eigenvalue weighted by Gasteiger charge is 2.23. The second-order valence-corrected chi connectivity index (χ2v) is 6.85. The maximum Gasteiger partial charge on any atom is 0.317 e. The average molecular weight is 368 g/mol. The average Bonchev–Trinajstić information content (AvgIpc) is 3.18. The minimum atomic E-state index is -0.0489. The fourth-order valence-electron chi connectivity index (χ4n) is 3.70. The molecule has 0 aliphatic carbocycles. The van der Waals surface area contributed by atoms with Crippen molar-refractivity contribution in [3.63, 3.8) is 0 Å². The van der Waals surface area contributed by atoms with Crippen LogP contribution in [0.3, 0.4) is 0 Å². The first-order chi connectivity index (χ1) is 13.2. The van der Waals surface area contributed by atoms with Crippen molar-refractivity contribution in [3.05, 3.63) is 52.6 Å². The molecular weight excluding hydrogens is 344 g/mol. The lowest BCUT2D eigenvalue weighted by molar-refractivity contribution is 0.191. The minimum Gasteiger partial charge on any atom is -0.493 e. The number of hydrogen-bond donors (Lipinski definition) is 1. The first-order valence-corrected chi connectivity index (χ1v) is 9.19. The molecule has 0 saturated heterocycles. The Bertz CT molecular complexity index is 866. The SMILES string of the molecule is COc1cc2c(cc1OC)CN(C(=O)NCc1ccc3c(c1)CCO3)CC2. The summed E-state index contributed by atoms with van der Waals surface area (Å²) in [7, 11) is 3.26. The molecule has 6 heteroatoms. The van der Waals surface area contributed by atoms with E-state index in [9.17, 15) is 4.79 Å². The van der Waals surface area contributed by atoms with Crippen LogP contribution >= 0.6 is 0 Å². The lowest BCUT2D eigenvalue weighted by Crippen LogP contribution is -2.42. The van der Waals surface area contributed by atoms with Gasteiger partial charge in [-0.3, -0.25) is 0 Å². The molecule has 0 radical (unpaired) electrons. The van der Waals surface area contributed by atoms with Crippen LogP contribution in [0.5, 0.6) is 17.2 Å². The standard InChI is InChI=1S/C21H24N2O4/c1-25-19-10-15-5-7-23(13-17(15)11-20(19)26-2)21(24)22-12-14-3-4-18-16(9-14)6-8-27-18/h3-4,9-11H,5-8,12-13H2,1-2H3,(H,22,24). The zero-order valence-corrected chi connectivity index (χ0v) is 15.7. The molecule has 2 aliphatic heterocycles. The highest BCUT2D eigenvalue weighted by atomic mass is 16.5. The summed E-state index contributed by atoms with van der Waals surface area (Å²) in [6.07, 6.45) is 1.74. The van der Waals surface area contributed by atoms with Gasteiger partial charge in [-0.05, 0) is 46.9 Å². The summed E-state index contributed by atoms with van der Waals surface area (Å²) in [6, 6.07) is 10.0. The normalized spacial score (nSPS) is 14.8. The van der Waals surface area contributed by atoms with Gasteiger partial charge in [-0.25, -0.2) is 4.79 Å². The van der Waals surface area contributed by atoms with Crippen LogP contribution < -0.4 is 19.5 Å². The Balaban J connectivity index is 1.40. The number of fused-ring (bicyclic) bond motifs is 2. The van der Waals surface area contributed by atoms with E-state index >= 15 is 0 Å². The predicted octanol–water partition coefficient (Wildman–Crippen LogP) is 2.91. The van der Waals surface area contributed by atoms with Crippen molar-refractivity contribution >= 4 is 6.03 Å². The fourth-order valence-corrected chi connectivity index (χ4v) is 3.70. The van der Waals surface area contributed by atoms with Crippen LogP contribution in [0.2, 0.25) is 0 Å². The molecule has 27 heavy (non-hydrogen) atoms. The van der Waals surface area contributed by atoms with Crippen molar-refractivity contribution in [3.8, 4) is 17.2 Å². The van der Waals surface area contributed by atoms with E-state index in [0.29, 0.717) is 25.4 Å². The van der Waals surface area contributed by atoms with Gasteiger partial charge in [0.25, 0.3) is 0 Å². The molecule has 0 bridgehead atoms. The molecule has 2 aliphatic rings. The van der Waals surface area contributed by atoms with Gasteiger partial charge in [-0.2, -0.15) is 0 Å². The van der Waals surface area contributed by atoms with Crippen molar-refractivity contribution in [2.24, 2.45) is 0 Å². The van der Waals surface area contributed by atoms with Crippen LogP contribution in [0, 0.1) is 0 Å². The molecule has 0 saturated carbocycles. The van der Waals surface area contributed by atoms with Gasteiger partial charge in [0.1, 0.15) is 5.75 Å². The summed E-state index contributed by atoms with van der Waals surface area (Å²) in [5.41, 5.74) is 4.62. The van der Waals surface area contributed by atoms with E-state index in [1.807, 2.05) is 29.2 Å². The van der Waals surface area contributed by atoms with Crippen LogP contribution in [0.4, 0.5) is 4.79 Å². The maximum atomic E-state index is 12.6. The predicted molar refractivity (Wildman–Crippen MR) is 102 cm³/mol. The van der Waals surface area contributed by atoms with Crippen molar-refractivity contribution in [2.45, 2.75) is 25.9 Å². The van der Waals surface area contributed by atoms with Gasteiger partial charge >= 0.3 is 6.03 Å². The molecule has 0 aromatic heterocycles. The van der Waals surface area contributed by atoms with E-state index in [-0.39, 0.29) is 6.03 Å². The topological polar surface area (TPSA) is 60.0 Å². The summed E-state index contributed by atoms with van der Waals surface area (Å²) >= 11 is 0. The minimum absolute atomic E-state index is 0.0489. The molecule has 2 amide bonds. The smallest absolute Gasteiger partial charge is 0.317 e. The van der Waals surface area contributed by atoms with Gasteiger partial charge in [0.15, 0.2) is 11.5 Å². The van der Waals surface area contributed by atoms with E-state index in [1.165, 1.54) is 11.1 Å².